The first kappa shape index (κ1) is 16.7. The summed E-state index contributed by atoms with van der Waals surface area (Å²) in [5.74, 6) is 0.390. The minimum Gasteiger partial charge on any atom is -0.393 e. The smallest absolute Gasteiger partial charge is 0.159 e. The first-order valence-electron chi connectivity index (χ1n) is 6.88. The van der Waals surface area contributed by atoms with Crippen LogP contribution in [0.2, 0.25) is 5.02 Å². The van der Waals surface area contributed by atoms with Crippen LogP contribution in [-0.2, 0) is 0 Å². The third-order valence-electron chi connectivity index (χ3n) is 3.17. The summed E-state index contributed by atoms with van der Waals surface area (Å²) in [4.78, 5) is 8.27. The molecule has 0 fully saturated rings. The van der Waals surface area contributed by atoms with Crippen molar-refractivity contribution < 1.29 is 4.39 Å². The monoisotopic (exact) mass is 455 g/mol. The average molecular weight is 456 g/mol. The number of nitrogens with one attached hydrogen (secondary N) is 2. The molecule has 3 aromatic rings. The summed E-state index contributed by atoms with van der Waals surface area (Å²) >= 11 is 8.01. The molecule has 0 bridgehead atoms. The van der Waals surface area contributed by atoms with Gasteiger partial charge in [0.15, 0.2) is 11.6 Å². The van der Waals surface area contributed by atoms with Gasteiger partial charge in [-0.1, -0.05) is 11.6 Å². The van der Waals surface area contributed by atoms with Crippen LogP contribution in [0.1, 0.15) is 0 Å². The van der Waals surface area contributed by atoms with Gasteiger partial charge in [-0.3, -0.25) is 0 Å². The Morgan fingerprint density at radius 2 is 1.54 bits per heavy atom. The topological polar surface area (TPSA) is 75.9 Å². The number of nitrogen functional groups attached to an aromatic ring is 1. The fourth-order valence-electron chi connectivity index (χ4n) is 1.98. The number of nitrogens with two attached hydrogens (primary N) is 1. The lowest BCUT2D eigenvalue weighted by molar-refractivity contribution is 0.628. The Morgan fingerprint density at radius 1 is 0.958 bits per heavy atom. The van der Waals surface area contributed by atoms with E-state index in [1.807, 2.05) is 24.3 Å². The summed E-state index contributed by atoms with van der Waals surface area (Å²) in [6.07, 6.45) is 1.39. The number of anilines is 5. The zero-order chi connectivity index (χ0) is 17.1. The zero-order valence-electron chi connectivity index (χ0n) is 12.2. The first-order valence-corrected chi connectivity index (χ1v) is 8.34. The molecule has 8 heteroatoms. The number of aromatic nitrogens is 2. The van der Waals surface area contributed by atoms with Crippen LogP contribution in [0.15, 0.2) is 48.8 Å². The molecule has 4 N–H and O–H groups in total. The van der Waals surface area contributed by atoms with Crippen molar-refractivity contribution in [1.82, 2.24) is 9.97 Å². The van der Waals surface area contributed by atoms with Crippen LogP contribution in [-0.4, -0.2) is 9.97 Å². The zero-order valence-corrected chi connectivity index (χ0v) is 15.1. The molecule has 0 aliphatic rings. The summed E-state index contributed by atoms with van der Waals surface area (Å²) < 4.78 is 14.4. The number of hydrogen-bond acceptors (Lipinski definition) is 5. The predicted octanol–water partition coefficient (Wildman–Crippen LogP) is 4.94. The molecule has 0 unspecified atom stereocenters. The van der Waals surface area contributed by atoms with E-state index in [2.05, 4.69) is 43.2 Å². The fraction of sp³-hybridized carbons (Fsp3) is 0. The lowest BCUT2D eigenvalue weighted by Crippen LogP contribution is -2.05. The number of rotatable bonds is 4. The highest BCUT2D eigenvalue weighted by atomic mass is 127. The van der Waals surface area contributed by atoms with E-state index in [1.54, 1.807) is 6.07 Å². The minimum atomic E-state index is -0.487. The van der Waals surface area contributed by atoms with Gasteiger partial charge in [0.25, 0.3) is 0 Å². The molecule has 0 aliphatic heterocycles. The van der Waals surface area contributed by atoms with Crippen LogP contribution in [0, 0.1) is 9.39 Å². The van der Waals surface area contributed by atoms with Gasteiger partial charge >= 0.3 is 0 Å². The Morgan fingerprint density at radius 3 is 2.17 bits per heavy atom. The summed E-state index contributed by atoms with van der Waals surface area (Å²) in [5, 5.41) is 6.17. The van der Waals surface area contributed by atoms with Crippen LogP contribution < -0.4 is 16.4 Å². The molecule has 24 heavy (non-hydrogen) atoms. The van der Waals surface area contributed by atoms with E-state index in [0.717, 1.165) is 9.26 Å². The highest BCUT2D eigenvalue weighted by Gasteiger charge is 2.10. The van der Waals surface area contributed by atoms with Crippen molar-refractivity contribution in [2.75, 3.05) is 16.4 Å². The molecule has 0 spiro atoms. The summed E-state index contributed by atoms with van der Waals surface area (Å²) in [6.45, 7) is 0. The molecule has 1 aromatic heterocycles. The molecule has 2 aromatic carbocycles. The van der Waals surface area contributed by atoms with Crippen molar-refractivity contribution in [3.05, 3.63) is 63.2 Å². The summed E-state index contributed by atoms with van der Waals surface area (Å²) in [5.41, 5.74) is 7.90. The quantitative estimate of drug-likeness (QED) is 0.486. The van der Waals surface area contributed by atoms with Gasteiger partial charge in [0.1, 0.15) is 17.8 Å². The maximum absolute atomic E-state index is 13.2. The second-order valence-electron chi connectivity index (χ2n) is 4.87. The van der Waals surface area contributed by atoms with Crippen molar-refractivity contribution in [3.8, 4) is 0 Å². The highest BCUT2D eigenvalue weighted by Crippen LogP contribution is 2.29. The van der Waals surface area contributed by atoms with E-state index in [1.165, 1.54) is 18.5 Å². The molecule has 0 aliphatic carbocycles. The maximum Gasteiger partial charge on any atom is 0.159 e. The van der Waals surface area contributed by atoms with E-state index in [9.17, 15) is 4.39 Å². The Kier molecular flexibility index (Phi) is 5.00. The van der Waals surface area contributed by atoms with E-state index >= 15 is 0 Å². The van der Waals surface area contributed by atoms with E-state index in [4.69, 9.17) is 17.3 Å². The van der Waals surface area contributed by atoms with Crippen molar-refractivity contribution >= 4 is 62.9 Å². The molecule has 1 heterocycles. The number of benzene rings is 2. The molecule has 122 valence electrons. The van der Waals surface area contributed by atoms with Gasteiger partial charge in [-0.05, 0) is 65.1 Å². The SMILES string of the molecule is Nc1c(Nc2ccc(I)cc2)ncnc1Nc1ccc(F)c(Cl)c1. The number of hydrogen-bond donors (Lipinski definition) is 3. The highest BCUT2D eigenvalue weighted by molar-refractivity contribution is 14.1. The average Bonchev–Trinajstić information content (AvgIpc) is 2.57. The number of nitrogens with zero attached hydrogens (tertiary/aromatic N) is 2. The Labute approximate surface area is 156 Å². The standard InChI is InChI=1S/C16H12ClFIN5/c17-12-7-11(5-6-13(12)18)24-16-14(20)15(21-8-22-16)23-10-3-1-9(19)2-4-10/h1-8H,20H2,(H2,21,22,23,24). The van der Waals surface area contributed by atoms with Gasteiger partial charge in [-0.2, -0.15) is 0 Å². The minimum absolute atomic E-state index is 0.0184. The molecular formula is C16H12ClFIN5. The van der Waals surface area contributed by atoms with Crippen molar-refractivity contribution in [2.24, 2.45) is 0 Å². The van der Waals surface area contributed by atoms with Crippen LogP contribution in [0.3, 0.4) is 0 Å². The van der Waals surface area contributed by atoms with Gasteiger partial charge < -0.3 is 16.4 Å². The van der Waals surface area contributed by atoms with Gasteiger partial charge in [-0.25, -0.2) is 14.4 Å². The van der Waals surface area contributed by atoms with Gasteiger partial charge in [0, 0.05) is 14.9 Å². The largest absolute Gasteiger partial charge is 0.393 e. The molecule has 0 atom stereocenters. The first-order chi connectivity index (χ1) is 11.5. The molecule has 0 saturated carbocycles. The second kappa shape index (κ2) is 7.18. The lowest BCUT2D eigenvalue weighted by atomic mass is 10.3. The van der Waals surface area contributed by atoms with Gasteiger partial charge in [0.2, 0.25) is 0 Å². The third-order valence-corrected chi connectivity index (χ3v) is 4.18. The third kappa shape index (κ3) is 3.85. The Balaban J connectivity index is 1.84. The van der Waals surface area contributed by atoms with Gasteiger partial charge in [-0.15, -0.1) is 0 Å². The van der Waals surface area contributed by atoms with Crippen LogP contribution in [0.5, 0.6) is 0 Å². The van der Waals surface area contributed by atoms with Crippen LogP contribution >= 0.6 is 34.2 Å². The van der Waals surface area contributed by atoms with Crippen molar-refractivity contribution in [2.45, 2.75) is 0 Å². The van der Waals surface area contributed by atoms with Gasteiger partial charge in [0.05, 0.1) is 5.02 Å². The summed E-state index contributed by atoms with van der Waals surface area (Å²) in [7, 11) is 0. The summed E-state index contributed by atoms with van der Waals surface area (Å²) in [6, 6.07) is 12.1. The van der Waals surface area contributed by atoms with Crippen molar-refractivity contribution in [1.29, 1.82) is 0 Å². The molecule has 0 amide bonds. The van der Waals surface area contributed by atoms with Crippen LogP contribution in [0.25, 0.3) is 0 Å². The fourth-order valence-corrected chi connectivity index (χ4v) is 2.52. The lowest BCUT2D eigenvalue weighted by Gasteiger charge is -2.13. The Bertz CT molecular complexity index is 873. The number of halogens is 3. The molecule has 3 rings (SSSR count). The van der Waals surface area contributed by atoms with E-state index < -0.39 is 5.82 Å². The second-order valence-corrected chi connectivity index (χ2v) is 6.52. The van der Waals surface area contributed by atoms with Crippen molar-refractivity contribution in [3.63, 3.8) is 0 Å². The van der Waals surface area contributed by atoms with E-state index in [0.29, 0.717) is 23.0 Å². The normalized spacial score (nSPS) is 10.5. The molecular weight excluding hydrogens is 444 g/mol. The molecule has 0 saturated heterocycles. The molecule has 5 nitrogen and oxygen atoms in total. The van der Waals surface area contributed by atoms with Crippen LogP contribution in [0.4, 0.5) is 33.1 Å². The maximum atomic E-state index is 13.2. The van der Waals surface area contributed by atoms with E-state index in [-0.39, 0.29) is 5.02 Å². The predicted molar refractivity (Wildman–Crippen MR) is 104 cm³/mol. The Hall–Kier alpha value is -2.13. The molecule has 0 radical (unpaired) electrons.